The minimum Gasteiger partial charge on any atom is -0.469 e. The summed E-state index contributed by atoms with van der Waals surface area (Å²) in [5.41, 5.74) is 8.26. The predicted molar refractivity (Wildman–Crippen MR) is 155 cm³/mol. The smallest absolute Gasteiger partial charge is 0.306 e. The average Bonchev–Trinajstić information content (AvgIpc) is 2.91. The molecule has 2 atom stereocenters. The van der Waals surface area contributed by atoms with Gasteiger partial charge in [0.2, 0.25) is 17.7 Å². The lowest BCUT2D eigenvalue weighted by Gasteiger charge is -2.24. The van der Waals surface area contributed by atoms with Crippen molar-refractivity contribution in [3.63, 3.8) is 0 Å². The highest BCUT2D eigenvalue weighted by molar-refractivity contribution is 14.1. The SMILES string of the molecule is CCCCCNC(=O)C(Cc1ccc(N)c(I)c1)NC(=O)C(Cc1ccccc1)NC(=O)CCC(=O)OC. The molecule has 0 aliphatic carbocycles. The third-order valence-electron chi connectivity index (χ3n) is 5.94. The van der Waals surface area contributed by atoms with Crippen LogP contribution in [0, 0.1) is 3.57 Å². The zero-order valence-corrected chi connectivity index (χ0v) is 24.1. The summed E-state index contributed by atoms with van der Waals surface area (Å²) in [6, 6.07) is 13.0. The van der Waals surface area contributed by atoms with Crippen molar-refractivity contribution in [2.24, 2.45) is 0 Å². The number of rotatable bonds is 15. The molecule has 5 N–H and O–H groups in total. The van der Waals surface area contributed by atoms with Gasteiger partial charge in [-0.25, -0.2) is 0 Å². The van der Waals surface area contributed by atoms with E-state index in [4.69, 9.17) is 5.73 Å². The van der Waals surface area contributed by atoms with Crippen molar-refractivity contribution >= 4 is 52.0 Å². The van der Waals surface area contributed by atoms with Crippen molar-refractivity contribution in [2.75, 3.05) is 19.4 Å². The van der Waals surface area contributed by atoms with E-state index in [0.29, 0.717) is 12.2 Å². The summed E-state index contributed by atoms with van der Waals surface area (Å²) in [7, 11) is 1.25. The predicted octanol–water partition coefficient (Wildman–Crippen LogP) is 2.89. The summed E-state index contributed by atoms with van der Waals surface area (Å²) in [6.45, 7) is 2.59. The first kappa shape index (κ1) is 31.1. The number of carbonyl (C=O) groups excluding carboxylic acids is 4. The summed E-state index contributed by atoms with van der Waals surface area (Å²) in [6.07, 6.45) is 3.13. The van der Waals surface area contributed by atoms with Crippen LogP contribution < -0.4 is 21.7 Å². The van der Waals surface area contributed by atoms with Crippen molar-refractivity contribution in [2.45, 2.75) is 64.0 Å². The zero-order valence-electron chi connectivity index (χ0n) is 21.9. The van der Waals surface area contributed by atoms with Gasteiger partial charge in [-0.1, -0.05) is 56.2 Å². The Morgan fingerprint density at radius 3 is 2.24 bits per heavy atom. The fourth-order valence-electron chi connectivity index (χ4n) is 3.77. The molecule has 0 radical (unpaired) electrons. The van der Waals surface area contributed by atoms with E-state index in [1.807, 2.05) is 42.5 Å². The van der Waals surface area contributed by atoms with Gasteiger partial charge in [-0.05, 0) is 52.3 Å². The van der Waals surface area contributed by atoms with Gasteiger partial charge < -0.3 is 26.4 Å². The summed E-state index contributed by atoms with van der Waals surface area (Å²) >= 11 is 2.13. The molecule has 206 valence electrons. The third-order valence-corrected chi connectivity index (χ3v) is 6.87. The molecule has 2 rings (SSSR count). The second-order valence-corrected chi connectivity index (χ2v) is 10.2. The van der Waals surface area contributed by atoms with E-state index in [9.17, 15) is 19.2 Å². The van der Waals surface area contributed by atoms with Gasteiger partial charge >= 0.3 is 5.97 Å². The number of ether oxygens (including phenoxy) is 1. The number of hydrogen-bond donors (Lipinski definition) is 4. The minimum atomic E-state index is -0.940. The summed E-state index contributed by atoms with van der Waals surface area (Å²) in [5.74, 6) is -1.75. The Hall–Kier alpha value is -3.15. The highest BCUT2D eigenvalue weighted by atomic mass is 127. The molecule has 9 nitrogen and oxygen atoms in total. The number of nitrogens with one attached hydrogen (secondary N) is 3. The number of benzene rings is 2. The second-order valence-electron chi connectivity index (χ2n) is 9.01. The van der Waals surface area contributed by atoms with E-state index in [-0.39, 0.29) is 31.6 Å². The molecule has 3 amide bonds. The Bertz CT molecular complexity index is 1080. The van der Waals surface area contributed by atoms with Crippen LogP contribution in [0.4, 0.5) is 5.69 Å². The van der Waals surface area contributed by atoms with E-state index in [1.54, 1.807) is 6.07 Å². The number of nitrogen functional groups attached to an aromatic ring is 1. The summed E-state index contributed by atoms with van der Waals surface area (Å²) < 4.78 is 5.45. The van der Waals surface area contributed by atoms with Crippen molar-refractivity contribution in [3.05, 3.63) is 63.2 Å². The molecule has 2 aromatic carbocycles. The van der Waals surface area contributed by atoms with Crippen LogP contribution >= 0.6 is 22.6 Å². The van der Waals surface area contributed by atoms with Crippen LogP contribution in [0.1, 0.15) is 50.2 Å². The Morgan fingerprint density at radius 1 is 0.895 bits per heavy atom. The number of hydrogen-bond acceptors (Lipinski definition) is 6. The molecular weight excluding hydrogens is 599 g/mol. The highest BCUT2D eigenvalue weighted by Gasteiger charge is 2.27. The minimum absolute atomic E-state index is 0.0967. The molecule has 0 bridgehead atoms. The first-order valence-electron chi connectivity index (χ1n) is 12.8. The molecular formula is C28H37IN4O5. The molecule has 38 heavy (non-hydrogen) atoms. The monoisotopic (exact) mass is 636 g/mol. The molecule has 0 aromatic heterocycles. The number of unbranched alkanes of at least 4 members (excludes halogenated alkanes) is 2. The second kappa shape index (κ2) is 16.6. The molecule has 2 aromatic rings. The quantitative estimate of drug-likeness (QED) is 0.103. The maximum absolute atomic E-state index is 13.5. The number of carbonyl (C=O) groups is 4. The third kappa shape index (κ3) is 11.1. The van der Waals surface area contributed by atoms with Gasteiger partial charge in [0, 0.05) is 35.1 Å². The number of amides is 3. The molecule has 2 unspecified atom stereocenters. The molecule has 0 spiro atoms. The Morgan fingerprint density at radius 2 is 1.58 bits per heavy atom. The maximum atomic E-state index is 13.5. The van der Waals surface area contributed by atoms with Crippen LogP contribution in [0.2, 0.25) is 0 Å². The number of esters is 1. The van der Waals surface area contributed by atoms with Gasteiger partial charge in [-0.3, -0.25) is 19.2 Å². The molecule has 0 saturated heterocycles. The lowest BCUT2D eigenvalue weighted by molar-refractivity contribution is -0.142. The van der Waals surface area contributed by atoms with Crippen LogP contribution in [0.25, 0.3) is 0 Å². The van der Waals surface area contributed by atoms with Gasteiger partial charge in [0.25, 0.3) is 0 Å². The summed E-state index contributed by atoms with van der Waals surface area (Å²) in [5, 5.41) is 8.49. The van der Waals surface area contributed by atoms with Crippen LogP contribution in [-0.2, 0) is 36.8 Å². The summed E-state index contributed by atoms with van der Waals surface area (Å²) in [4.78, 5) is 50.6. The molecule has 0 aliphatic rings. The molecule has 0 fully saturated rings. The lowest BCUT2D eigenvalue weighted by Crippen LogP contribution is -2.55. The largest absolute Gasteiger partial charge is 0.469 e. The molecule has 0 heterocycles. The van der Waals surface area contributed by atoms with Gasteiger partial charge in [-0.2, -0.15) is 0 Å². The Kier molecular flexibility index (Phi) is 13.6. The average molecular weight is 637 g/mol. The van der Waals surface area contributed by atoms with Crippen molar-refractivity contribution in [3.8, 4) is 0 Å². The molecule has 0 aliphatic heterocycles. The first-order valence-corrected chi connectivity index (χ1v) is 13.8. The van der Waals surface area contributed by atoms with Crippen LogP contribution in [0.15, 0.2) is 48.5 Å². The van der Waals surface area contributed by atoms with Crippen molar-refractivity contribution < 1.29 is 23.9 Å². The zero-order chi connectivity index (χ0) is 27.9. The number of anilines is 1. The van der Waals surface area contributed by atoms with Gasteiger partial charge in [0.1, 0.15) is 12.1 Å². The lowest BCUT2D eigenvalue weighted by atomic mass is 10.0. The van der Waals surface area contributed by atoms with Crippen molar-refractivity contribution in [1.82, 2.24) is 16.0 Å². The topological polar surface area (TPSA) is 140 Å². The normalized spacial score (nSPS) is 12.2. The Balaban J connectivity index is 2.21. The first-order chi connectivity index (χ1) is 18.2. The fourth-order valence-corrected chi connectivity index (χ4v) is 4.35. The van der Waals surface area contributed by atoms with E-state index in [2.05, 4.69) is 50.2 Å². The number of halogens is 1. The maximum Gasteiger partial charge on any atom is 0.306 e. The van der Waals surface area contributed by atoms with E-state index in [0.717, 1.165) is 34.0 Å². The van der Waals surface area contributed by atoms with E-state index in [1.165, 1.54) is 7.11 Å². The van der Waals surface area contributed by atoms with E-state index < -0.39 is 29.9 Å². The van der Waals surface area contributed by atoms with Crippen LogP contribution in [-0.4, -0.2) is 49.4 Å². The van der Waals surface area contributed by atoms with Crippen LogP contribution in [0.5, 0.6) is 0 Å². The highest BCUT2D eigenvalue weighted by Crippen LogP contribution is 2.17. The van der Waals surface area contributed by atoms with Crippen molar-refractivity contribution in [1.29, 1.82) is 0 Å². The van der Waals surface area contributed by atoms with Gasteiger partial charge in [0.15, 0.2) is 0 Å². The standard InChI is InChI=1S/C28H37IN4O5/c1-3-4-8-15-31-27(36)23(18-20-11-12-22(30)21(29)16-20)33-28(37)24(17-19-9-6-5-7-10-19)32-25(34)13-14-26(35)38-2/h5-7,9-12,16,23-24H,3-4,8,13-15,17-18,30H2,1-2H3,(H,31,36)(H,32,34)(H,33,37). The fraction of sp³-hybridized carbons (Fsp3) is 0.429. The van der Waals surface area contributed by atoms with E-state index >= 15 is 0 Å². The van der Waals surface area contributed by atoms with Crippen LogP contribution in [0.3, 0.4) is 0 Å². The molecule has 0 saturated carbocycles. The van der Waals surface area contributed by atoms with Gasteiger partial charge in [-0.15, -0.1) is 0 Å². The number of methoxy groups -OCH3 is 1. The van der Waals surface area contributed by atoms with Gasteiger partial charge in [0.05, 0.1) is 13.5 Å². The Labute approximate surface area is 237 Å². The molecule has 10 heteroatoms. The number of nitrogens with two attached hydrogens (primary N) is 1.